The molecule has 1 heterocycles. The number of rotatable bonds is 7. The first-order valence-electron chi connectivity index (χ1n) is 9.11. The van der Waals surface area contributed by atoms with Crippen LogP contribution in [0, 0.1) is 31.0 Å². The van der Waals surface area contributed by atoms with E-state index in [0.717, 1.165) is 40.0 Å². The molecule has 0 fully saturated rings. The minimum atomic E-state index is -1.00. The van der Waals surface area contributed by atoms with Gasteiger partial charge in [0.1, 0.15) is 17.6 Å². The van der Waals surface area contributed by atoms with Crippen molar-refractivity contribution in [3.63, 3.8) is 0 Å². The molecule has 0 spiro atoms. The Morgan fingerprint density at radius 1 is 1.14 bits per heavy atom. The molecular weight excluding hydrogens is 389 g/mol. The number of aliphatic carboxylic acids is 1. The number of hydrogen-bond donors (Lipinski definition) is 1. The predicted octanol–water partition coefficient (Wildman–Crippen LogP) is 5.29. The molecule has 2 aromatic carbocycles. The lowest BCUT2D eigenvalue weighted by molar-refractivity contribution is -0.139. The number of halogens is 1. The first-order valence-corrected chi connectivity index (χ1v) is 9.92. The molecule has 0 atom stereocenters. The number of carbonyl (C=O) groups is 1. The van der Waals surface area contributed by atoms with Crippen LogP contribution in [0.2, 0.25) is 0 Å². The summed E-state index contributed by atoms with van der Waals surface area (Å²) in [5.41, 5.74) is 4.03. The molecule has 0 radical (unpaired) electrons. The maximum Gasteiger partial charge on any atom is 0.341 e. The van der Waals surface area contributed by atoms with Gasteiger partial charge in [-0.05, 0) is 73.2 Å². The molecule has 1 N–H and O–H groups in total. The van der Waals surface area contributed by atoms with Crippen LogP contribution < -0.4 is 4.74 Å². The second-order valence-electron chi connectivity index (χ2n) is 6.81. The molecule has 6 heteroatoms. The Bertz CT molecular complexity index is 1100. The highest BCUT2D eigenvalue weighted by Crippen LogP contribution is 2.33. The maximum absolute atomic E-state index is 13.9. The Kier molecular flexibility index (Phi) is 6.30. The van der Waals surface area contributed by atoms with Gasteiger partial charge in [-0.3, -0.25) is 0 Å². The number of hydrogen-bond acceptors (Lipinski definition) is 4. The average molecular weight is 409 g/mol. The summed E-state index contributed by atoms with van der Waals surface area (Å²) in [6.45, 7) is 3.59. The zero-order chi connectivity index (χ0) is 21.0. The molecule has 0 saturated heterocycles. The van der Waals surface area contributed by atoms with Crippen LogP contribution >= 0.6 is 11.3 Å². The molecule has 148 valence electrons. The van der Waals surface area contributed by atoms with Gasteiger partial charge in [-0.15, -0.1) is 11.3 Å². The van der Waals surface area contributed by atoms with Crippen molar-refractivity contribution in [1.82, 2.24) is 0 Å². The van der Waals surface area contributed by atoms with Crippen molar-refractivity contribution in [1.29, 1.82) is 5.26 Å². The smallest absolute Gasteiger partial charge is 0.341 e. The van der Waals surface area contributed by atoms with E-state index >= 15 is 0 Å². The van der Waals surface area contributed by atoms with Crippen LogP contribution in [0.15, 0.2) is 42.5 Å². The van der Waals surface area contributed by atoms with Crippen LogP contribution in [0.1, 0.15) is 27.1 Å². The van der Waals surface area contributed by atoms with Crippen molar-refractivity contribution in [3.05, 3.63) is 75.4 Å². The normalized spacial score (nSPS) is 10.6. The zero-order valence-electron chi connectivity index (χ0n) is 16.2. The van der Waals surface area contributed by atoms with E-state index in [2.05, 4.69) is 6.07 Å². The summed E-state index contributed by atoms with van der Waals surface area (Å²) in [4.78, 5) is 12.8. The molecule has 3 rings (SSSR count). The topological polar surface area (TPSA) is 70.3 Å². The Hall–Kier alpha value is -3.17. The fourth-order valence-electron chi connectivity index (χ4n) is 3.10. The number of carboxylic acid groups (broad SMARTS) is 1. The lowest BCUT2D eigenvalue weighted by atomic mass is 10.0. The zero-order valence-corrected chi connectivity index (χ0v) is 17.0. The van der Waals surface area contributed by atoms with Gasteiger partial charge in [0, 0.05) is 9.75 Å². The van der Waals surface area contributed by atoms with E-state index < -0.39 is 11.8 Å². The summed E-state index contributed by atoms with van der Waals surface area (Å²) in [6.07, 6.45) is 1.69. The minimum absolute atomic E-state index is 0.0494. The second-order valence-corrected chi connectivity index (χ2v) is 7.94. The van der Waals surface area contributed by atoms with Crippen LogP contribution in [0.5, 0.6) is 5.75 Å². The molecule has 0 saturated carbocycles. The highest BCUT2D eigenvalue weighted by atomic mass is 32.1. The van der Waals surface area contributed by atoms with Crippen LogP contribution in [0.25, 0.3) is 10.4 Å². The fraction of sp³-hybridized carbons (Fsp3) is 0.217. The highest BCUT2D eigenvalue weighted by molar-refractivity contribution is 7.15. The summed E-state index contributed by atoms with van der Waals surface area (Å²) in [6, 6.07) is 14.3. The van der Waals surface area contributed by atoms with E-state index in [0.29, 0.717) is 5.75 Å². The van der Waals surface area contributed by atoms with Crippen molar-refractivity contribution in [2.75, 3.05) is 6.61 Å². The van der Waals surface area contributed by atoms with Gasteiger partial charge < -0.3 is 9.84 Å². The van der Waals surface area contributed by atoms with Crippen molar-refractivity contribution in [2.24, 2.45) is 0 Å². The van der Waals surface area contributed by atoms with Gasteiger partial charge in [-0.2, -0.15) is 5.26 Å². The molecular formula is C23H20FNO3S. The van der Waals surface area contributed by atoms with Crippen molar-refractivity contribution < 1.29 is 19.0 Å². The third kappa shape index (κ3) is 5.01. The third-order valence-electron chi connectivity index (χ3n) is 4.63. The molecule has 3 aromatic rings. The summed E-state index contributed by atoms with van der Waals surface area (Å²) in [7, 11) is 0. The Labute approximate surface area is 172 Å². The Balaban J connectivity index is 1.70. The number of carboxylic acids is 1. The molecule has 29 heavy (non-hydrogen) atoms. The van der Waals surface area contributed by atoms with Crippen LogP contribution in [-0.4, -0.2) is 17.7 Å². The predicted molar refractivity (Wildman–Crippen MR) is 111 cm³/mol. The SMILES string of the molecule is Cc1cc(CCc2sc(-c3ccc(C#N)c(F)c3)cc2C)ccc1OCC(=O)O. The molecule has 0 aliphatic heterocycles. The summed E-state index contributed by atoms with van der Waals surface area (Å²) >= 11 is 1.63. The summed E-state index contributed by atoms with van der Waals surface area (Å²) in [5.74, 6) is -0.925. The largest absolute Gasteiger partial charge is 0.482 e. The molecule has 0 unspecified atom stereocenters. The first kappa shape index (κ1) is 20.6. The standard InChI is InChI=1S/C23H20FNO3S/c1-14-9-16(3-7-20(14)28-13-23(26)27)4-8-21-15(2)10-22(29-21)17-5-6-18(12-25)19(24)11-17/h3,5-7,9-11H,4,8,13H2,1-2H3,(H,26,27). The van der Waals surface area contributed by atoms with E-state index in [-0.39, 0.29) is 12.2 Å². The average Bonchev–Trinajstić information content (AvgIpc) is 3.06. The lowest BCUT2D eigenvalue weighted by Crippen LogP contribution is -2.10. The number of benzene rings is 2. The number of aryl methyl sites for hydroxylation is 4. The summed E-state index contributed by atoms with van der Waals surface area (Å²) in [5, 5.41) is 17.6. The highest BCUT2D eigenvalue weighted by Gasteiger charge is 2.11. The molecule has 1 aromatic heterocycles. The Morgan fingerprint density at radius 3 is 2.59 bits per heavy atom. The van der Waals surface area contributed by atoms with Gasteiger partial charge in [-0.25, -0.2) is 9.18 Å². The van der Waals surface area contributed by atoms with E-state index in [1.165, 1.54) is 17.0 Å². The fourth-order valence-corrected chi connectivity index (χ4v) is 4.27. The number of ether oxygens (including phenoxy) is 1. The monoisotopic (exact) mass is 409 g/mol. The van der Waals surface area contributed by atoms with E-state index in [4.69, 9.17) is 15.1 Å². The first-order chi connectivity index (χ1) is 13.9. The van der Waals surface area contributed by atoms with Gasteiger partial charge in [0.2, 0.25) is 0 Å². The van der Waals surface area contributed by atoms with Gasteiger partial charge in [0.25, 0.3) is 0 Å². The van der Waals surface area contributed by atoms with Gasteiger partial charge in [0.05, 0.1) is 5.56 Å². The van der Waals surface area contributed by atoms with Crippen molar-refractivity contribution in [3.8, 4) is 22.3 Å². The quantitative estimate of drug-likeness (QED) is 0.575. The molecule has 0 bridgehead atoms. The molecule has 0 amide bonds. The van der Waals surface area contributed by atoms with Gasteiger partial charge in [-0.1, -0.05) is 18.2 Å². The number of thiophene rings is 1. The van der Waals surface area contributed by atoms with E-state index in [1.54, 1.807) is 23.5 Å². The number of nitriles is 1. The Morgan fingerprint density at radius 2 is 1.93 bits per heavy atom. The van der Waals surface area contributed by atoms with Crippen LogP contribution in [-0.2, 0) is 17.6 Å². The van der Waals surface area contributed by atoms with Crippen molar-refractivity contribution in [2.45, 2.75) is 26.7 Å². The van der Waals surface area contributed by atoms with Crippen molar-refractivity contribution >= 4 is 17.3 Å². The van der Waals surface area contributed by atoms with Crippen LogP contribution in [0.4, 0.5) is 4.39 Å². The van der Waals surface area contributed by atoms with E-state index in [1.807, 2.05) is 32.0 Å². The maximum atomic E-state index is 13.9. The molecule has 0 aliphatic rings. The van der Waals surface area contributed by atoms with E-state index in [9.17, 15) is 9.18 Å². The van der Waals surface area contributed by atoms with Gasteiger partial charge >= 0.3 is 5.97 Å². The lowest BCUT2D eigenvalue weighted by Gasteiger charge is -2.09. The molecule has 0 aliphatic carbocycles. The minimum Gasteiger partial charge on any atom is -0.482 e. The van der Waals surface area contributed by atoms with Gasteiger partial charge in [0.15, 0.2) is 6.61 Å². The number of nitrogens with zero attached hydrogens (tertiary/aromatic N) is 1. The van der Waals surface area contributed by atoms with Crippen LogP contribution in [0.3, 0.4) is 0 Å². The molecule has 4 nitrogen and oxygen atoms in total. The summed E-state index contributed by atoms with van der Waals surface area (Å²) < 4.78 is 19.2. The third-order valence-corrected chi connectivity index (χ3v) is 5.97. The second kappa shape index (κ2) is 8.89.